The molecule has 1 fully saturated rings. The van der Waals surface area contributed by atoms with Gasteiger partial charge in [0, 0.05) is 11.3 Å². The van der Waals surface area contributed by atoms with Crippen molar-refractivity contribution in [1.29, 1.82) is 0 Å². The van der Waals surface area contributed by atoms with Crippen LogP contribution in [0, 0.1) is 5.82 Å². The number of para-hydroxylation sites is 1. The van der Waals surface area contributed by atoms with Crippen molar-refractivity contribution < 1.29 is 23.5 Å². The highest BCUT2D eigenvalue weighted by Gasteiger charge is 2.42. The third-order valence-corrected chi connectivity index (χ3v) is 7.45. The lowest BCUT2D eigenvalue weighted by atomic mass is 10.1. The van der Waals surface area contributed by atoms with Crippen LogP contribution in [0.15, 0.2) is 77.7 Å². The first kappa shape index (κ1) is 25.6. The first-order valence-corrected chi connectivity index (χ1v) is 13.0. The van der Waals surface area contributed by atoms with E-state index in [2.05, 4.69) is 5.32 Å². The Morgan fingerprint density at radius 1 is 0.974 bits per heavy atom. The van der Waals surface area contributed by atoms with E-state index < -0.39 is 11.8 Å². The molecular formula is C28H22FN3O4S2. The standard InChI is InChI=1S/C28H22FN3O4S2/c1-2-36-20-13-11-19(12-14-20)30-23(33)16-31-22-6-4-3-5-21(22)24(26(31)34)25-27(35)32(28(37)38-25)15-17-7-9-18(29)10-8-17/h3-14H,2,15-16H2,1H3,(H,30,33)/b25-24-. The molecule has 0 aromatic heterocycles. The van der Waals surface area contributed by atoms with Crippen LogP contribution in [0.4, 0.5) is 15.8 Å². The number of nitrogens with one attached hydrogen (secondary N) is 1. The number of hydrogen-bond donors (Lipinski definition) is 1. The monoisotopic (exact) mass is 547 g/mol. The fourth-order valence-corrected chi connectivity index (χ4v) is 5.59. The highest BCUT2D eigenvalue weighted by atomic mass is 32.2. The zero-order chi connectivity index (χ0) is 26.8. The van der Waals surface area contributed by atoms with Crippen molar-refractivity contribution in [3.05, 3.63) is 94.6 Å². The van der Waals surface area contributed by atoms with Crippen molar-refractivity contribution in [3.8, 4) is 5.75 Å². The van der Waals surface area contributed by atoms with Gasteiger partial charge < -0.3 is 10.1 Å². The zero-order valence-corrected chi connectivity index (χ0v) is 21.9. The molecule has 3 amide bonds. The molecule has 7 nitrogen and oxygen atoms in total. The second-order valence-electron chi connectivity index (χ2n) is 8.50. The quantitative estimate of drug-likeness (QED) is 0.332. The predicted molar refractivity (Wildman–Crippen MR) is 149 cm³/mol. The van der Waals surface area contributed by atoms with Gasteiger partial charge in [-0.3, -0.25) is 24.2 Å². The summed E-state index contributed by atoms with van der Waals surface area (Å²) in [5.41, 5.74) is 2.60. The van der Waals surface area contributed by atoms with Crippen LogP contribution in [0.3, 0.4) is 0 Å². The van der Waals surface area contributed by atoms with Gasteiger partial charge in [-0.05, 0) is 55.0 Å². The van der Waals surface area contributed by atoms with Gasteiger partial charge in [-0.1, -0.05) is 54.3 Å². The number of benzene rings is 3. The molecule has 2 aliphatic rings. The van der Waals surface area contributed by atoms with E-state index in [1.807, 2.05) is 6.92 Å². The van der Waals surface area contributed by atoms with Gasteiger partial charge in [0.15, 0.2) is 0 Å². The molecule has 0 unspecified atom stereocenters. The predicted octanol–water partition coefficient (Wildman–Crippen LogP) is 4.98. The number of nitrogens with zero attached hydrogens (tertiary/aromatic N) is 2. The number of thioether (sulfide) groups is 1. The van der Waals surface area contributed by atoms with E-state index in [0.717, 1.165) is 11.8 Å². The van der Waals surface area contributed by atoms with Gasteiger partial charge >= 0.3 is 0 Å². The minimum atomic E-state index is -0.449. The molecule has 192 valence electrons. The van der Waals surface area contributed by atoms with Crippen molar-refractivity contribution in [2.45, 2.75) is 13.5 Å². The topological polar surface area (TPSA) is 79.0 Å². The van der Waals surface area contributed by atoms with Gasteiger partial charge in [0.2, 0.25) is 5.91 Å². The van der Waals surface area contributed by atoms with Crippen LogP contribution < -0.4 is 15.0 Å². The van der Waals surface area contributed by atoms with Gasteiger partial charge in [-0.15, -0.1) is 0 Å². The average molecular weight is 548 g/mol. The Kier molecular flexibility index (Phi) is 7.26. The summed E-state index contributed by atoms with van der Waals surface area (Å²) < 4.78 is 19.0. The summed E-state index contributed by atoms with van der Waals surface area (Å²) in [6.07, 6.45) is 0. The number of carbonyl (C=O) groups is 3. The van der Waals surface area contributed by atoms with E-state index in [9.17, 15) is 18.8 Å². The Hall–Kier alpha value is -4.02. The van der Waals surface area contributed by atoms with E-state index in [4.69, 9.17) is 17.0 Å². The van der Waals surface area contributed by atoms with Crippen LogP contribution in [0.2, 0.25) is 0 Å². The summed E-state index contributed by atoms with van der Waals surface area (Å²) in [7, 11) is 0. The second-order valence-corrected chi connectivity index (χ2v) is 10.1. The Labute approximate surface area is 228 Å². The Morgan fingerprint density at radius 3 is 2.39 bits per heavy atom. The minimum absolute atomic E-state index is 0.159. The number of fused-ring (bicyclic) bond motifs is 1. The average Bonchev–Trinajstić information content (AvgIpc) is 3.33. The number of thiocarbonyl (C=S) groups is 1. The number of hydrogen-bond acceptors (Lipinski definition) is 6. The van der Waals surface area contributed by atoms with Gasteiger partial charge in [-0.25, -0.2) is 4.39 Å². The van der Waals surface area contributed by atoms with Crippen molar-refractivity contribution in [2.75, 3.05) is 23.4 Å². The highest BCUT2D eigenvalue weighted by Crippen LogP contribution is 2.44. The summed E-state index contributed by atoms with van der Waals surface area (Å²) in [5.74, 6) is -0.919. The number of rotatable bonds is 7. The maximum atomic E-state index is 13.6. The maximum absolute atomic E-state index is 13.6. The molecule has 2 heterocycles. The summed E-state index contributed by atoms with van der Waals surface area (Å²) in [6.45, 7) is 2.35. The van der Waals surface area contributed by atoms with E-state index in [0.29, 0.717) is 39.2 Å². The molecule has 0 aliphatic carbocycles. The summed E-state index contributed by atoms with van der Waals surface area (Å²) >= 11 is 6.50. The van der Waals surface area contributed by atoms with E-state index >= 15 is 0 Å². The number of carbonyl (C=O) groups excluding carboxylic acids is 3. The Balaban J connectivity index is 1.38. The van der Waals surface area contributed by atoms with Gasteiger partial charge in [-0.2, -0.15) is 0 Å². The van der Waals surface area contributed by atoms with Crippen LogP contribution in [0.1, 0.15) is 18.1 Å². The van der Waals surface area contributed by atoms with Crippen molar-refractivity contribution in [1.82, 2.24) is 4.90 Å². The molecular weight excluding hydrogens is 525 g/mol. The lowest BCUT2D eigenvalue weighted by molar-refractivity contribution is -0.122. The van der Waals surface area contributed by atoms with Gasteiger partial charge in [0.1, 0.15) is 22.4 Å². The molecule has 0 atom stereocenters. The minimum Gasteiger partial charge on any atom is -0.494 e. The van der Waals surface area contributed by atoms with E-state index in [1.165, 1.54) is 21.9 Å². The molecule has 38 heavy (non-hydrogen) atoms. The Morgan fingerprint density at radius 2 is 1.68 bits per heavy atom. The molecule has 10 heteroatoms. The molecule has 0 bridgehead atoms. The van der Waals surface area contributed by atoms with Gasteiger partial charge in [0.05, 0.1) is 29.3 Å². The Bertz CT molecular complexity index is 1470. The lowest BCUT2D eigenvalue weighted by Gasteiger charge is -2.17. The number of anilines is 2. The summed E-state index contributed by atoms with van der Waals surface area (Å²) in [6, 6.07) is 19.8. The first-order chi connectivity index (χ1) is 18.4. The number of amides is 3. The fourth-order valence-electron chi connectivity index (χ4n) is 4.26. The van der Waals surface area contributed by atoms with Gasteiger partial charge in [0.25, 0.3) is 11.8 Å². The lowest BCUT2D eigenvalue weighted by Crippen LogP contribution is -2.35. The van der Waals surface area contributed by atoms with Crippen LogP contribution in [0.5, 0.6) is 5.75 Å². The van der Waals surface area contributed by atoms with Crippen molar-refractivity contribution in [3.63, 3.8) is 0 Å². The smallest absolute Gasteiger partial charge is 0.267 e. The number of ether oxygens (including phenoxy) is 1. The van der Waals surface area contributed by atoms with Crippen molar-refractivity contribution >= 4 is 63.0 Å². The summed E-state index contributed by atoms with van der Waals surface area (Å²) in [5, 5.41) is 2.80. The third kappa shape index (κ3) is 5.05. The second kappa shape index (κ2) is 10.8. The molecule has 5 rings (SSSR count). The molecule has 0 saturated carbocycles. The largest absolute Gasteiger partial charge is 0.494 e. The highest BCUT2D eigenvalue weighted by molar-refractivity contribution is 8.26. The van der Waals surface area contributed by atoms with Crippen LogP contribution in [0.25, 0.3) is 5.57 Å². The van der Waals surface area contributed by atoms with Crippen molar-refractivity contribution in [2.24, 2.45) is 0 Å². The van der Waals surface area contributed by atoms with Crippen LogP contribution in [-0.2, 0) is 20.9 Å². The third-order valence-electron chi connectivity index (χ3n) is 6.00. The molecule has 0 radical (unpaired) electrons. The molecule has 1 N–H and O–H groups in total. The maximum Gasteiger partial charge on any atom is 0.267 e. The molecule has 3 aromatic carbocycles. The molecule has 1 saturated heterocycles. The van der Waals surface area contributed by atoms with Crippen LogP contribution >= 0.6 is 24.0 Å². The SMILES string of the molecule is CCOc1ccc(NC(=O)CN2C(=O)/C(=C3\SC(=S)N(Cc4ccc(F)cc4)C3=O)c3ccccc32)cc1. The fraction of sp³-hybridized carbons (Fsp3) is 0.143. The summed E-state index contributed by atoms with van der Waals surface area (Å²) in [4.78, 5) is 42.9. The normalized spacial score (nSPS) is 16.7. The molecule has 3 aromatic rings. The van der Waals surface area contributed by atoms with E-state index in [1.54, 1.807) is 60.7 Å². The molecule has 2 aliphatic heterocycles. The first-order valence-electron chi connectivity index (χ1n) is 11.8. The van der Waals surface area contributed by atoms with E-state index in [-0.39, 0.29) is 35.3 Å². The molecule has 0 spiro atoms. The van der Waals surface area contributed by atoms with Crippen LogP contribution in [-0.4, -0.2) is 40.1 Å². The number of halogens is 1. The zero-order valence-electron chi connectivity index (χ0n) is 20.3.